The number of fused-ring (bicyclic) bond motifs is 2. The third-order valence-electron chi connectivity index (χ3n) is 5.32. The standard InChI is InChI=1S/C24H27N3O3S/c1-4-26(5-2)14-15-27(23(28)20-16-17-10-7-8-11-18(17)30-20)24-25-22-19(29-6-3)12-9-13-21(22)31-24/h7-13,16H,4-6,14-15H2,1-3H3. The van der Waals surface area contributed by atoms with Crippen LogP contribution in [0, 0.1) is 0 Å². The topological polar surface area (TPSA) is 58.8 Å². The fraction of sp³-hybridized carbons (Fsp3) is 0.333. The summed E-state index contributed by atoms with van der Waals surface area (Å²) in [5.74, 6) is 0.882. The summed E-state index contributed by atoms with van der Waals surface area (Å²) < 4.78 is 12.6. The van der Waals surface area contributed by atoms with Crippen molar-refractivity contribution in [2.75, 3.05) is 37.7 Å². The molecule has 2 heterocycles. The Morgan fingerprint density at radius 2 is 1.87 bits per heavy atom. The van der Waals surface area contributed by atoms with E-state index in [9.17, 15) is 4.79 Å². The van der Waals surface area contributed by atoms with Crippen molar-refractivity contribution in [2.24, 2.45) is 0 Å². The van der Waals surface area contributed by atoms with Crippen LogP contribution in [-0.4, -0.2) is 48.6 Å². The molecule has 0 radical (unpaired) electrons. The molecule has 4 aromatic rings. The molecule has 6 nitrogen and oxygen atoms in total. The molecule has 0 saturated heterocycles. The lowest BCUT2D eigenvalue weighted by molar-refractivity contribution is 0.0959. The molecule has 4 rings (SSSR count). The third kappa shape index (κ3) is 4.43. The van der Waals surface area contributed by atoms with Gasteiger partial charge in [0, 0.05) is 18.5 Å². The third-order valence-corrected chi connectivity index (χ3v) is 6.36. The average molecular weight is 438 g/mol. The molecule has 0 atom stereocenters. The molecule has 0 unspecified atom stereocenters. The number of para-hydroxylation sites is 2. The second-order valence-corrected chi connectivity index (χ2v) is 8.17. The Morgan fingerprint density at radius 1 is 1.06 bits per heavy atom. The van der Waals surface area contributed by atoms with Crippen molar-refractivity contribution in [1.82, 2.24) is 9.88 Å². The van der Waals surface area contributed by atoms with Crippen LogP contribution in [0.1, 0.15) is 31.3 Å². The van der Waals surface area contributed by atoms with Gasteiger partial charge < -0.3 is 14.1 Å². The summed E-state index contributed by atoms with van der Waals surface area (Å²) in [6.45, 7) is 9.91. The molecule has 0 fully saturated rings. The molecule has 2 aromatic heterocycles. The number of carbonyl (C=O) groups excluding carboxylic acids is 1. The first-order valence-corrected chi connectivity index (χ1v) is 11.5. The van der Waals surface area contributed by atoms with E-state index in [1.807, 2.05) is 49.4 Å². The zero-order valence-electron chi connectivity index (χ0n) is 18.1. The van der Waals surface area contributed by atoms with Crippen LogP contribution in [-0.2, 0) is 0 Å². The lowest BCUT2D eigenvalue weighted by Gasteiger charge is -2.24. The highest BCUT2D eigenvalue weighted by molar-refractivity contribution is 7.22. The van der Waals surface area contributed by atoms with Gasteiger partial charge in [-0.1, -0.05) is 49.4 Å². The molecule has 162 valence electrons. The van der Waals surface area contributed by atoms with Crippen LogP contribution >= 0.6 is 11.3 Å². The Bertz CT molecular complexity index is 1150. The van der Waals surface area contributed by atoms with Crippen molar-refractivity contribution < 1.29 is 13.9 Å². The largest absolute Gasteiger partial charge is 0.492 e. The average Bonchev–Trinajstić information content (AvgIpc) is 3.41. The molecule has 7 heteroatoms. The minimum absolute atomic E-state index is 0.180. The minimum atomic E-state index is -0.180. The normalized spacial score (nSPS) is 11.5. The van der Waals surface area contributed by atoms with E-state index in [0.717, 1.165) is 41.0 Å². The molecular weight excluding hydrogens is 410 g/mol. The number of hydrogen-bond donors (Lipinski definition) is 0. The quantitative estimate of drug-likeness (QED) is 0.349. The smallest absolute Gasteiger partial charge is 0.295 e. The van der Waals surface area contributed by atoms with Crippen LogP contribution < -0.4 is 9.64 Å². The highest BCUT2D eigenvalue weighted by atomic mass is 32.1. The maximum absolute atomic E-state index is 13.5. The zero-order chi connectivity index (χ0) is 21.8. The van der Waals surface area contributed by atoms with Gasteiger partial charge in [0.25, 0.3) is 5.91 Å². The van der Waals surface area contributed by atoms with Crippen LogP contribution in [0.2, 0.25) is 0 Å². The van der Waals surface area contributed by atoms with Gasteiger partial charge in [-0.25, -0.2) is 4.98 Å². The number of hydrogen-bond acceptors (Lipinski definition) is 6. The summed E-state index contributed by atoms with van der Waals surface area (Å²) in [5.41, 5.74) is 1.49. The predicted molar refractivity (Wildman–Crippen MR) is 126 cm³/mol. The monoisotopic (exact) mass is 437 g/mol. The second-order valence-electron chi connectivity index (χ2n) is 7.16. The predicted octanol–water partition coefficient (Wildman–Crippen LogP) is 5.43. The Balaban J connectivity index is 1.72. The van der Waals surface area contributed by atoms with Crippen molar-refractivity contribution in [2.45, 2.75) is 20.8 Å². The van der Waals surface area contributed by atoms with E-state index < -0.39 is 0 Å². The number of furan rings is 1. The van der Waals surface area contributed by atoms with Gasteiger partial charge in [-0.05, 0) is 44.3 Å². The molecule has 0 aliphatic carbocycles. The fourth-order valence-electron chi connectivity index (χ4n) is 3.58. The Morgan fingerprint density at radius 3 is 2.61 bits per heavy atom. The first-order chi connectivity index (χ1) is 15.1. The number of aromatic nitrogens is 1. The van der Waals surface area contributed by atoms with Gasteiger partial charge in [0.2, 0.25) is 0 Å². The van der Waals surface area contributed by atoms with Crippen LogP contribution in [0.15, 0.2) is 52.9 Å². The van der Waals surface area contributed by atoms with Gasteiger partial charge in [0.05, 0.1) is 11.3 Å². The first kappa shape index (κ1) is 21.3. The number of thiazole rings is 1. The molecule has 0 spiro atoms. The van der Waals surface area contributed by atoms with Crippen molar-refractivity contribution in [3.8, 4) is 5.75 Å². The molecule has 0 saturated carbocycles. The fourth-order valence-corrected chi connectivity index (χ4v) is 4.59. The van der Waals surface area contributed by atoms with Crippen molar-refractivity contribution >= 4 is 43.6 Å². The maximum atomic E-state index is 13.5. The van der Waals surface area contributed by atoms with Gasteiger partial charge in [-0.2, -0.15) is 0 Å². The molecule has 1 amide bonds. The van der Waals surface area contributed by atoms with Gasteiger partial charge >= 0.3 is 0 Å². The number of rotatable bonds is 9. The molecule has 2 aromatic carbocycles. The lowest BCUT2D eigenvalue weighted by Crippen LogP contribution is -2.38. The summed E-state index contributed by atoms with van der Waals surface area (Å²) in [7, 11) is 0. The number of likely N-dealkylation sites (N-methyl/N-ethyl adjacent to an activating group) is 1. The van der Waals surface area contributed by atoms with Crippen LogP contribution in [0.25, 0.3) is 21.2 Å². The van der Waals surface area contributed by atoms with Crippen LogP contribution in [0.3, 0.4) is 0 Å². The Labute approximate surface area is 186 Å². The van der Waals surface area contributed by atoms with E-state index in [4.69, 9.17) is 14.1 Å². The molecule has 0 bridgehead atoms. The Kier molecular flexibility index (Phi) is 6.53. The zero-order valence-corrected chi connectivity index (χ0v) is 18.9. The van der Waals surface area contributed by atoms with Crippen LogP contribution in [0.4, 0.5) is 5.13 Å². The summed E-state index contributed by atoms with van der Waals surface area (Å²) in [6, 6.07) is 15.3. The number of carbonyl (C=O) groups is 1. The van der Waals surface area contributed by atoms with Crippen LogP contribution in [0.5, 0.6) is 5.75 Å². The number of benzene rings is 2. The number of amides is 1. The first-order valence-electron chi connectivity index (χ1n) is 10.7. The van der Waals surface area contributed by atoms with Crippen molar-refractivity contribution in [3.63, 3.8) is 0 Å². The van der Waals surface area contributed by atoms with E-state index in [-0.39, 0.29) is 5.91 Å². The van der Waals surface area contributed by atoms with E-state index in [1.165, 1.54) is 11.3 Å². The minimum Gasteiger partial charge on any atom is -0.492 e. The Hall–Kier alpha value is -2.90. The number of anilines is 1. The van der Waals surface area contributed by atoms with E-state index in [0.29, 0.717) is 29.6 Å². The lowest BCUT2D eigenvalue weighted by atomic mass is 10.2. The van der Waals surface area contributed by atoms with Gasteiger partial charge in [-0.15, -0.1) is 0 Å². The molecule has 0 aliphatic rings. The van der Waals surface area contributed by atoms with Crippen molar-refractivity contribution in [3.05, 3.63) is 54.3 Å². The molecule has 31 heavy (non-hydrogen) atoms. The van der Waals surface area contributed by atoms with Gasteiger partial charge in [0.15, 0.2) is 10.9 Å². The molecule has 0 N–H and O–H groups in total. The summed E-state index contributed by atoms with van der Waals surface area (Å²) >= 11 is 1.50. The number of ether oxygens (including phenoxy) is 1. The second kappa shape index (κ2) is 9.49. The van der Waals surface area contributed by atoms with E-state index >= 15 is 0 Å². The van der Waals surface area contributed by atoms with E-state index in [1.54, 1.807) is 11.0 Å². The highest BCUT2D eigenvalue weighted by Crippen LogP contribution is 2.35. The molecular formula is C24H27N3O3S. The summed E-state index contributed by atoms with van der Waals surface area (Å²) in [4.78, 5) is 22.4. The summed E-state index contributed by atoms with van der Waals surface area (Å²) in [5, 5.41) is 1.57. The summed E-state index contributed by atoms with van der Waals surface area (Å²) in [6.07, 6.45) is 0. The van der Waals surface area contributed by atoms with Gasteiger partial charge in [-0.3, -0.25) is 9.69 Å². The molecule has 0 aliphatic heterocycles. The van der Waals surface area contributed by atoms with E-state index in [2.05, 4.69) is 18.7 Å². The van der Waals surface area contributed by atoms with Gasteiger partial charge in [0.1, 0.15) is 16.8 Å². The SMILES string of the molecule is CCOc1cccc2sc(N(CCN(CC)CC)C(=O)c3cc4ccccc4o3)nc12. The number of nitrogens with zero attached hydrogens (tertiary/aromatic N) is 3. The maximum Gasteiger partial charge on any atom is 0.295 e. The van der Waals surface area contributed by atoms with Crippen molar-refractivity contribution in [1.29, 1.82) is 0 Å². The highest BCUT2D eigenvalue weighted by Gasteiger charge is 2.25.